The molecule has 0 saturated carbocycles. The minimum atomic E-state index is -0.945. The molecule has 0 aliphatic carbocycles. The Balaban J connectivity index is 3.11. The molecular formula is C9H7Cl3O2. The molecule has 1 atom stereocenters. The summed E-state index contributed by atoms with van der Waals surface area (Å²) in [6.07, 6.45) is 0. The fourth-order valence-corrected chi connectivity index (χ4v) is 1.55. The van der Waals surface area contributed by atoms with Crippen molar-refractivity contribution >= 4 is 40.0 Å². The third-order valence-corrected chi connectivity index (χ3v) is 2.78. The van der Waals surface area contributed by atoms with Gasteiger partial charge in [-0.05, 0) is 29.8 Å². The third-order valence-electron chi connectivity index (χ3n) is 1.68. The fourth-order valence-electron chi connectivity index (χ4n) is 0.965. The van der Waals surface area contributed by atoms with Gasteiger partial charge >= 0.3 is 0 Å². The van der Waals surface area contributed by atoms with E-state index in [4.69, 9.17) is 39.5 Å². The van der Waals surface area contributed by atoms with Gasteiger partial charge in [-0.25, -0.2) is 0 Å². The average Bonchev–Trinajstić information content (AvgIpc) is 2.17. The maximum absolute atomic E-state index is 10.8. The van der Waals surface area contributed by atoms with E-state index in [1.54, 1.807) is 18.2 Å². The van der Waals surface area contributed by atoms with Crippen LogP contribution in [0.15, 0.2) is 18.2 Å². The molecule has 0 bridgehead atoms. The number of rotatable bonds is 3. The van der Waals surface area contributed by atoms with Gasteiger partial charge in [0.25, 0.3) is 0 Å². The van der Waals surface area contributed by atoms with Gasteiger partial charge in [-0.15, -0.1) is 11.6 Å². The molecular weight excluding hydrogens is 246 g/mol. The van der Waals surface area contributed by atoms with Crippen LogP contribution in [0.1, 0.15) is 10.9 Å². The molecule has 0 radical (unpaired) electrons. The fraction of sp³-hybridized carbons (Fsp3) is 0.222. The van der Waals surface area contributed by atoms with E-state index in [9.17, 15) is 4.79 Å². The first-order chi connectivity index (χ1) is 6.56. The summed E-state index contributed by atoms with van der Waals surface area (Å²) < 4.78 is 4.97. The molecule has 0 aliphatic rings. The van der Waals surface area contributed by atoms with E-state index in [1.165, 1.54) is 7.11 Å². The maximum Gasteiger partial charge on any atom is 0.244 e. The van der Waals surface area contributed by atoms with Crippen LogP contribution >= 0.6 is 34.8 Å². The smallest absolute Gasteiger partial charge is 0.244 e. The van der Waals surface area contributed by atoms with Gasteiger partial charge < -0.3 is 4.74 Å². The van der Waals surface area contributed by atoms with Crippen molar-refractivity contribution in [2.75, 3.05) is 7.11 Å². The molecule has 1 aromatic carbocycles. The molecule has 1 aromatic rings. The lowest BCUT2D eigenvalue weighted by atomic mass is 10.1. The number of carbonyl (C=O) groups is 1. The highest BCUT2D eigenvalue weighted by atomic mass is 35.5. The van der Waals surface area contributed by atoms with Crippen molar-refractivity contribution in [2.24, 2.45) is 0 Å². The molecule has 1 rings (SSSR count). The van der Waals surface area contributed by atoms with E-state index in [0.717, 1.165) is 0 Å². The van der Waals surface area contributed by atoms with Crippen LogP contribution in [-0.2, 0) is 4.79 Å². The number of carbonyl (C=O) groups excluding carboxylic acids is 1. The lowest BCUT2D eigenvalue weighted by molar-refractivity contribution is -0.111. The Morgan fingerprint density at radius 1 is 1.50 bits per heavy atom. The van der Waals surface area contributed by atoms with Gasteiger partial charge in [-0.3, -0.25) is 4.79 Å². The number of alkyl halides is 1. The van der Waals surface area contributed by atoms with Crippen molar-refractivity contribution in [2.45, 2.75) is 5.38 Å². The lowest BCUT2D eigenvalue weighted by Crippen LogP contribution is -2.00. The summed E-state index contributed by atoms with van der Waals surface area (Å²) in [4.78, 5) is 10.8. The van der Waals surface area contributed by atoms with Crippen LogP contribution in [0.2, 0.25) is 5.02 Å². The molecule has 0 fully saturated rings. The second-order valence-corrected chi connectivity index (χ2v) is 3.77. The van der Waals surface area contributed by atoms with Gasteiger partial charge in [-0.2, -0.15) is 0 Å². The Bertz CT molecular complexity index is 352. The van der Waals surface area contributed by atoms with Gasteiger partial charge in [0.1, 0.15) is 11.1 Å². The van der Waals surface area contributed by atoms with Crippen LogP contribution in [0, 0.1) is 0 Å². The first-order valence-electron chi connectivity index (χ1n) is 3.73. The molecule has 2 nitrogen and oxygen atoms in total. The summed E-state index contributed by atoms with van der Waals surface area (Å²) >= 11 is 16.9. The Morgan fingerprint density at radius 2 is 2.14 bits per heavy atom. The largest absolute Gasteiger partial charge is 0.497 e. The highest BCUT2D eigenvalue weighted by Crippen LogP contribution is 2.32. The zero-order valence-electron chi connectivity index (χ0n) is 7.26. The number of halogens is 3. The Hall–Kier alpha value is -0.440. The molecule has 0 heterocycles. The van der Waals surface area contributed by atoms with E-state index in [-0.39, 0.29) is 0 Å². The predicted molar refractivity (Wildman–Crippen MR) is 57.5 cm³/mol. The molecule has 76 valence electrons. The molecule has 14 heavy (non-hydrogen) atoms. The van der Waals surface area contributed by atoms with E-state index < -0.39 is 10.6 Å². The van der Waals surface area contributed by atoms with E-state index >= 15 is 0 Å². The van der Waals surface area contributed by atoms with Crippen LogP contribution in [0.3, 0.4) is 0 Å². The Morgan fingerprint density at radius 3 is 2.64 bits per heavy atom. The predicted octanol–water partition coefficient (Wildman–Crippen LogP) is 3.39. The van der Waals surface area contributed by atoms with Crippen molar-refractivity contribution < 1.29 is 9.53 Å². The molecule has 0 amide bonds. The first-order valence-corrected chi connectivity index (χ1v) is 4.92. The minimum absolute atomic E-state index is 0.389. The van der Waals surface area contributed by atoms with Gasteiger partial charge in [0.15, 0.2) is 0 Å². The van der Waals surface area contributed by atoms with Crippen molar-refractivity contribution in [1.82, 2.24) is 0 Å². The quantitative estimate of drug-likeness (QED) is 0.610. The Labute approximate surface area is 96.7 Å². The second kappa shape index (κ2) is 4.87. The molecule has 0 N–H and O–H groups in total. The minimum Gasteiger partial charge on any atom is -0.497 e. The standard InChI is InChI=1S/C9H7Cl3O2/c1-14-5-2-3-7(10)6(4-5)8(11)9(12)13/h2-4,8H,1H3. The monoisotopic (exact) mass is 252 g/mol. The number of benzene rings is 1. The highest BCUT2D eigenvalue weighted by Gasteiger charge is 2.18. The molecule has 0 aromatic heterocycles. The van der Waals surface area contributed by atoms with Crippen molar-refractivity contribution in [3.63, 3.8) is 0 Å². The van der Waals surface area contributed by atoms with Crippen LogP contribution in [0.5, 0.6) is 5.75 Å². The van der Waals surface area contributed by atoms with E-state index in [1.807, 2.05) is 0 Å². The van der Waals surface area contributed by atoms with Crippen LogP contribution in [-0.4, -0.2) is 12.4 Å². The Kier molecular flexibility index (Phi) is 4.05. The maximum atomic E-state index is 10.8. The van der Waals surface area contributed by atoms with E-state index in [0.29, 0.717) is 16.3 Å². The van der Waals surface area contributed by atoms with Gasteiger partial charge in [0.2, 0.25) is 5.24 Å². The molecule has 1 unspecified atom stereocenters. The zero-order valence-corrected chi connectivity index (χ0v) is 9.53. The van der Waals surface area contributed by atoms with Gasteiger partial charge in [0.05, 0.1) is 7.11 Å². The summed E-state index contributed by atoms with van der Waals surface area (Å²) in [5, 5.41) is -1.22. The third kappa shape index (κ3) is 2.53. The summed E-state index contributed by atoms with van der Waals surface area (Å²) in [6, 6.07) is 4.86. The van der Waals surface area contributed by atoms with Crippen molar-refractivity contribution in [3.8, 4) is 5.75 Å². The van der Waals surface area contributed by atoms with Crippen molar-refractivity contribution in [3.05, 3.63) is 28.8 Å². The number of ether oxygens (including phenoxy) is 1. The van der Waals surface area contributed by atoms with Crippen LogP contribution in [0.25, 0.3) is 0 Å². The highest BCUT2D eigenvalue weighted by molar-refractivity contribution is 6.69. The SMILES string of the molecule is COc1ccc(Cl)c(C(Cl)C(=O)Cl)c1. The van der Waals surface area contributed by atoms with Crippen LogP contribution in [0.4, 0.5) is 0 Å². The normalized spacial score (nSPS) is 12.3. The number of hydrogen-bond acceptors (Lipinski definition) is 2. The summed E-state index contributed by atoms with van der Waals surface area (Å²) in [5.74, 6) is 0.577. The molecule has 0 aliphatic heterocycles. The number of methoxy groups -OCH3 is 1. The van der Waals surface area contributed by atoms with Crippen molar-refractivity contribution in [1.29, 1.82) is 0 Å². The lowest BCUT2D eigenvalue weighted by Gasteiger charge is -2.08. The van der Waals surface area contributed by atoms with Crippen LogP contribution < -0.4 is 4.74 Å². The first kappa shape index (κ1) is 11.6. The molecule has 5 heteroatoms. The number of hydrogen-bond donors (Lipinski definition) is 0. The van der Waals surface area contributed by atoms with E-state index in [2.05, 4.69) is 0 Å². The second-order valence-electron chi connectivity index (χ2n) is 2.55. The zero-order chi connectivity index (χ0) is 10.7. The molecule has 0 saturated heterocycles. The molecule has 0 spiro atoms. The summed E-state index contributed by atoms with van der Waals surface area (Å²) in [7, 11) is 1.51. The van der Waals surface area contributed by atoms with Gasteiger partial charge in [0, 0.05) is 10.6 Å². The summed E-state index contributed by atoms with van der Waals surface area (Å²) in [5.41, 5.74) is 0.452. The summed E-state index contributed by atoms with van der Waals surface area (Å²) in [6.45, 7) is 0. The van der Waals surface area contributed by atoms with Gasteiger partial charge in [-0.1, -0.05) is 11.6 Å². The topological polar surface area (TPSA) is 26.3 Å². The average molecular weight is 254 g/mol.